The van der Waals surface area contributed by atoms with Crippen molar-refractivity contribution in [2.45, 2.75) is 44.4 Å². The molecule has 1 aliphatic rings. The van der Waals surface area contributed by atoms with Crippen molar-refractivity contribution in [1.82, 2.24) is 4.90 Å². The SMILES string of the molecule is C=CC(=O)N(C1CCCCC1)C(O)C(=O)OC. The number of hydrogen-bond donors (Lipinski definition) is 1. The molecule has 1 amide bonds. The van der Waals surface area contributed by atoms with Crippen LogP contribution in [0.25, 0.3) is 0 Å². The molecule has 5 nitrogen and oxygen atoms in total. The van der Waals surface area contributed by atoms with E-state index in [4.69, 9.17) is 0 Å². The number of esters is 1. The van der Waals surface area contributed by atoms with Crippen molar-refractivity contribution >= 4 is 11.9 Å². The van der Waals surface area contributed by atoms with E-state index >= 15 is 0 Å². The van der Waals surface area contributed by atoms with Gasteiger partial charge in [0.05, 0.1) is 7.11 Å². The third-order valence-electron chi connectivity index (χ3n) is 3.07. The Balaban J connectivity index is 2.81. The summed E-state index contributed by atoms with van der Waals surface area (Å²) < 4.78 is 4.46. The van der Waals surface area contributed by atoms with Gasteiger partial charge in [-0.25, -0.2) is 4.79 Å². The minimum Gasteiger partial charge on any atom is -0.466 e. The first-order chi connectivity index (χ1) is 8.11. The highest BCUT2D eigenvalue weighted by Crippen LogP contribution is 2.24. The predicted molar refractivity (Wildman–Crippen MR) is 61.9 cm³/mol. The number of ether oxygens (including phenoxy) is 1. The molecule has 5 heteroatoms. The van der Waals surface area contributed by atoms with Crippen molar-refractivity contribution in [3.63, 3.8) is 0 Å². The molecular formula is C12H19NO4. The number of hydrogen-bond acceptors (Lipinski definition) is 4. The summed E-state index contributed by atoms with van der Waals surface area (Å²) in [5.74, 6) is -1.25. The van der Waals surface area contributed by atoms with E-state index in [9.17, 15) is 14.7 Å². The van der Waals surface area contributed by atoms with Gasteiger partial charge in [-0.3, -0.25) is 4.79 Å². The van der Waals surface area contributed by atoms with Crippen LogP contribution in [0.4, 0.5) is 0 Å². The zero-order valence-electron chi connectivity index (χ0n) is 10.1. The molecule has 0 aromatic carbocycles. The summed E-state index contributed by atoms with van der Waals surface area (Å²) in [5.41, 5.74) is 0. The third kappa shape index (κ3) is 3.30. The van der Waals surface area contributed by atoms with Crippen molar-refractivity contribution in [2.75, 3.05) is 7.11 Å². The number of nitrogens with zero attached hydrogens (tertiary/aromatic N) is 1. The van der Waals surface area contributed by atoms with Crippen LogP contribution in [0.5, 0.6) is 0 Å². The highest BCUT2D eigenvalue weighted by molar-refractivity contribution is 5.90. The molecule has 0 aliphatic heterocycles. The smallest absolute Gasteiger partial charge is 0.356 e. The molecular weight excluding hydrogens is 222 g/mol. The molecule has 0 saturated heterocycles. The molecule has 96 valence electrons. The zero-order valence-corrected chi connectivity index (χ0v) is 10.1. The number of aliphatic hydroxyl groups is 1. The van der Waals surface area contributed by atoms with Crippen LogP contribution in [0.15, 0.2) is 12.7 Å². The lowest BCUT2D eigenvalue weighted by Crippen LogP contribution is -2.51. The number of amides is 1. The van der Waals surface area contributed by atoms with E-state index < -0.39 is 18.1 Å². The van der Waals surface area contributed by atoms with Crippen LogP contribution in [0.3, 0.4) is 0 Å². The van der Waals surface area contributed by atoms with Crippen molar-refractivity contribution in [1.29, 1.82) is 0 Å². The Bertz CT molecular complexity index is 297. The van der Waals surface area contributed by atoms with Gasteiger partial charge >= 0.3 is 5.97 Å². The van der Waals surface area contributed by atoms with Gasteiger partial charge in [-0.1, -0.05) is 25.8 Å². The second-order valence-electron chi connectivity index (χ2n) is 4.14. The summed E-state index contributed by atoms with van der Waals surface area (Å²) in [6.07, 6.45) is 4.30. The molecule has 0 radical (unpaired) electrons. The molecule has 1 N–H and O–H groups in total. The largest absolute Gasteiger partial charge is 0.466 e. The predicted octanol–water partition coefficient (Wildman–Crippen LogP) is 0.825. The molecule has 17 heavy (non-hydrogen) atoms. The first-order valence-electron chi connectivity index (χ1n) is 5.82. The minimum atomic E-state index is -1.53. The van der Waals surface area contributed by atoms with E-state index in [0.717, 1.165) is 38.2 Å². The van der Waals surface area contributed by atoms with Crippen LogP contribution in [0.2, 0.25) is 0 Å². The number of methoxy groups -OCH3 is 1. The van der Waals surface area contributed by atoms with Crippen molar-refractivity contribution in [2.24, 2.45) is 0 Å². The summed E-state index contributed by atoms with van der Waals surface area (Å²) in [4.78, 5) is 24.2. The molecule has 0 aromatic heterocycles. The van der Waals surface area contributed by atoms with Crippen LogP contribution in [0, 0.1) is 0 Å². The second kappa shape index (κ2) is 6.39. The Morgan fingerprint density at radius 1 is 1.41 bits per heavy atom. The van der Waals surface area contributed by atoms with Gasteiger partial charge in [-0.2, -0.15) is 0 Å². The number of rotatable bonds is 4. The normalized spacial score (nSPS) is 18.2. The topological polar surface area (TPSA) is 66.8 Å². The Morgan fingerprint density at radius 2 is 2.00 bits per heavy atom. The molecule has 1 unspecified atom stereocenters. The van der Waals surface area contributed by atoms with Crippen LogP contribution < -0.4 is 0 Å². The summed E-state index contributed by atoms with van der Waals surface area (Å²) in [6.45, 7) is 3.39. The van der Waals surface area contributed by atoms with Crippen LogP contribution >= 0.6 is 0 Å². The van der Waals surface area contributed by atoms with Gasteiger partial charge in [0.2, 0.25) is 12.1 Å². The summed E-state index contributed by atoms with van der Waals surface area (Å²) in [6, 6.07) is -0.108. The van der Waals surface area contributed by atoms with Gasteiger partial charge in [-0.05, 0) is 18.9 Å². The van der Waals surface area contributed by atoms with Crippen LogP contribution in [0.1, 0.15) is 32.1 Å². The molecule has 1 fully saturated rings. The Morgan fingerprint density at radius 3 is 2.47 bits per heavy atom. The quantitative estimate of drug-likeness (QED) is 0.449. The molecule has 1 rings (SSSR count). The van der Waals surface area contributed by atoms with Gasteiger partial charge in [0.1, 0.15) is 0 Å². The average Bonchev–Trinajstić information content (AvgIpc) is 2.38. The molecule has 0 heterocycles. The number of carbonyl (C=O) groups is 2. The fourth-order valence-corrected chi connectivity index (χ4v) is 2.18. The molecule has 1 saturated carbocycles. The van der Waals surface area contributed by atoms with E-state index in [1.807, 2.05) is 0 Å². The average molecular weight is 241 g/mol. The van der Waals surface area contributed by atoms with Crippen molar-refractivity contribution < 1.29 is 19.4 Å². The van der Waals surface area contributed by atoms with E-state index in [2.05, 4.69) is 11.3 Å². The Kier molecular flexibility index (Phi) is 5.15. The van der Waals surface area contributed by atoms with Gasteiger partial charge in [0.15, 0.2) is 0 Å². The maximum Gasteiger partial charge on any atom is 0.356 e. The first kappa shape index (κ1) is 13.7. The first-order valence-corrected chi connectivity index (χ1v) is 5.82. The molecule has 1 aliphatic carbocycles. The second-order valence-corrected chi connectivity index (χ2v) is 4.14. The van der Waals surface area contributed by atoms with Crippen LogP contribution in [-0.2, 0) is 14.3 Å². The summed E-state index contributed by atoms with van der Waals surface area (Å²) in [5, 5.41) is 9.81. The van der Waals surface area contributed by atoms with E-state index in [0.29, 0.717) is 0 Å². The lowest BCUT2D eigenvalue weighted by atomic mass is 9.94. The number of aliphatic hydroxyl groups excluding tert-OH is 1. The summed E-state index contributed by atoms with van der Waals surface area (Å²) >= 11 is 0. The van der Waals surface area contributed by atoms with Crippen molar-refractivity contribution in [3.05, 3.63) is 12.7 Å². The Hall–Kier alpha value is -1.36. The van der Waals surface area contributed by atoms with Gasteiger partial charge in [0.25, 0.3) is 0 Å². The minimum absolute atomic E-state index is 0.108. The van der Waals surface area contributed by atoms with Crippen molar-refractivity contribution in [3.8, 4) is 0 Å². The van der Waals surface area contributed by atoms with E-state index in [-0.39, 0.29) is 6.04 Å². The highest BCUT2D eigenvalue weighted by atomic mass is 16.5. The molecule has 0 bridgehead atoms. The standard InChI is InChI=1S/C12H19NO4/c1-3-10(14)13(11(15)12(16)17-2)9-7-5-4-6-8-9/h3,9,11,15H,1,4-8H2,2H3. The van der Waals surface area contributed by atoms with Gasteiger partial charge < -0.3 is 14.7 Å². The van der Waals surface area contributed by atoms with E-state index in [1.165, 1.54) is 12.0 Å². The third-order valence-corrected chi connectivity index (χ3v) is 3.07. The maximum absolute atomic E-state index is 11.7. The Labute approximate surface area is 101 Å². The van der Waals surface area contributed by atoms with E-state index in [1.54, 1.807) is 0 Å². The zero-order chi connectivity index (χ0) is 12.8. The number of carbonyl (C=O) groups excluding carboxylic acids is 2. The highest BCUT2D eigenvalue weighted by Gasteiger charge is 2.33. The molecule has 0 aromatic rings. The monoisotopic (exact) mass is 241 g/mol. The molecule has 0 spiro atoms. The van der Waals surface area contributed by atoms with Gasteiger partial charge in [0, 0.05) is 6.04 Å². The fourth-order valence-electron chi connectivity index (χ4n) is 2.18. The lowest BCUT2D eigenvalue weighted by molar-refractivity contribution is -0.170. The molecule has 1 atom stereocenters. The fraction of sp³-hybridized carbons (Fsp3) is 0.667. The van der Waals surface area contributed by atoms with Gasteiger partial charge in [-0.15, -0.1) is 0 Å². The lowest BCUT2D eigenvalue weighted by Gasteiger charge is -2.35. The summed E-state index contributed by atoms with van der Waals surface area (Å²) in [7, 11) is 1.18. The maximum atomic E-state index is 11.7. The van der Waals surface area contributed by atoms with Crippen LogP contribution in [-0.4, -0.2) is 41.3 Å².